The Morgan fingerprint density at radius 2 is 0.778 bits per heavy atom. The van der Waals surface area contributed by atoms with Crippen LogP contribution in [0.2, 0.25) is 0 Å². The van der Waals surface area contributed by atoms with Gasteiger partial charge in [-0.1, -0.05) is 115 Å². The van der Waals surface area contributed by atoms with Crippen LogP contribution in [0.3, 0.4) is 0 Å². The Morgan fingerprint density at radius 3 is 1.33 bits per heavy atom. The van der Waals surface area contributed by atoms with Crippen LogP contribution in [-0.2, 0) is 0 Å². The van der Waals surface area contributed by atoms with Gasteiger partial charge in [0, 0.05) is 16.5 Å². The summed E-state index contributed by atoms with van der Waals surface area (Å²) >= 11 is 0. The Kier molecular flexibility index (Phi) is 4.75. The summed E-state index contributed by atoms with van der Waals surface area (Å²) in [7, 11) is 0. The van der Waals surface area contributed by atoms with Crippen molar-refractivity contribution in [2.24, 2.45) is 0 Å². The molecule has 0 aromatic heterocycles. The predicted octanol–water partition coefficient (Wildman–Crippen LogP) is 10.1. The molecule has 7 rings (SSSR count). The molecule has 7 aromatic rings. The van der Waals surface area contributed by atoms with Gasteiger partial charge in [-0.3, -0.25) is 0 Å². The number of hydrogen-bond donors (Lipinski definition) is 0. The van der Waals surface area contributed by atoms with Crippen LogP contribution < -0.4 is 4.90 Å². The Balaban J connectivity index is 1.59. The van der Waals surface area contributed by atoms with E-state index in [1.165, 1.54) is 65.7 Å². The fourth-order valence-electron chi connectivity index (χ4n) is 5.64. The average molecular weight is 460 g/mol. The van der Waals surface area contributed by atoms with Gasteiger partial charge < -0.3 is 4.90 Å². The molecule has 0 atom stereocenters. The van der Waals surface area contributed by atoms with Gasteiger partial charge in [-0.25, -0.2) is 0 Å². The number of benzene rings is 7. The summed E-state index contributed by atoms with van der Waals surface area (Å²) in [6.45, 7) is 2.20. The van der Waals surface area contributed by atoms with Gasteiger partial charge in [0.15, 0.2) is 0 Å². The standard InChI is InChI=1S/C35H25N/c1-24-10-2-7-17-33(24)36(34-18-8-15-29-27-13-5-3-11-25(27)20-22-31(29)34)35-19-9-16-30-28-14-6-4-12-26(28)21-23-32(30)35/h2-23H,1H3. The first-order chi connectivity index (χ1) is 17.8. The second-order valence-corrected chi connectivity index (χ2v) is 9.44. The zero-order valence-electron chi connectivity index (χ0n) is 20.1. The number of anilines is 3. The van der Waals surface area contributed by atoms with Crippen LogP contribution in [0.1, 0.15) is 5.56 Å². The fraction of sp³-hybridized carbons (Fsp3) is 0.0286. The molecule has 0 aliphatic carbocycles. The van der Waals surface area contributed by atoms with Crippen molar-refractivity contribution in [3.8, 4) is 0 Å². The number of nitrogens with zero attached hydrogens (tertiary/aromatic N) is 1. The van der Waals surface area contributed by atoms with Crippen LogP contribution in [0.4, 0.5) is 17.1 Å². The zero-order chi connectivity index (χ0) is 24.1. The molecule has 0 spiro atoms. The molecule has 0 amide bonds. The molecule has 7 aromatic carbocycles. The van der Waals surface area contributed by atoms with Gasteiger partial charge in [0.05, 0.1) is 11.4 Å². The lowest BCUT2D eigenvalue weighted by Crippen LogP contribution is -2.12. The van der Waals surface area contributed by atoms with E-state index >= 15 is 0 Å². The molecular formula is C35H25N. The largest absolute Gasteiger partial charge is 0.309 e. The molecule has 170 valence electrons. The third-order valence-corrected chi connectivity index (χ3v) is 7.37. The van der Waals surface area contributed by atoms with E-state index in [2.05, 4.69) is 145 Å². The van der Waals surface area contributed by atoms with Gasteiger partial charge >= 0.3 is 0 Å². The maximum Gasteiger partial charge on any atom is 0.0540 e. The number of fused-ring (bicyclic) bond motifs is 6. The molecule has 0 heterocycles. The summed E-state index contributed by atoms with van der Waals surface area (Å²) in [6, 6.07) is 48.4. The van der Waals surface area contributed by atoms with E-state index < -0.39 is 0 Å². The van der Waals surface area contributed by atoms with Gasteiger partial charge in [-0.15, -0.1) is 0 Å². The quantitative estimate of drug-likeness (QED) is 0.238. The SMILES string of the molecule is Cc1ccccc1N(c1cccc2c1ccc1ccccc12)c1cccc2c1ccc1ccccc12. The predicted molar refractivity (Wildman–Crippen MR) is 156 cm³/mol. The van der Waals surface area contributed by atoms with Gasteiger partial charge in [0.1, 0.15) is 0 Å². The lowest BCUT2D eigenvalue weighted by Gasteiger charge is -2.29. The van der Waals surface area contributed by atoms with Crippen LogP contribution in [0, 0.1) is 6.92 Å². The second kappa shape index (κ2) is 8.25. The van der Waals surface area contributed by atoms with Crippen LogP contribution in [0.5, 0.6) is 0 Å². The second-order valence-electron chi connectivity index (χ2n) is 9.44. The van der Waals surface area contributed by atoms with E-state index in [0.29, 0.717) is 0 Å². The van der Waals surface area contributed by atoms with E-state index in [0.717, 1.165) is 0 Å². The normalized spacial score (nSPS) is 11.5. The summed E-state index contributed by atoms with van der Waals surface area (Å²) in [5.74, 6) is 0. The number of aryl methyl sites for hydroxylation is 1. The minimum Gasteiger partial charge on any atom is -0.309 e. The maximum atomic E-state index is 2.45. The van der Waals surface area contributed by atoms with Crippen molar-refractivity contribution in [3.63, 3.8) is 0 Å². The summed E-state index contributed by atoms with van der Waals surface area (Å²) < 4.78 is 0. The monoisotopic (exact) mass is 459 g/mol. The Labute approximate surface area is 210 Å². The van der Waals surface area contributed by atoms with E-state index in [1.807, 2.05) is 0 Å². The minimum atomic E-state index is 1.19. The number of rotatable bonds is 3. The zero-order valence-corrected chi connectivity index (χ0v) is 20.1. The van der Waals surface area contributed by atoms with Crippen molar-refractivity contribution >= 4 is 60.2 Å². The summed E-state index contributed by atoms with van der Waals surface area (Å²) in [4.78, 5) is 2.45. The Morgan fingerprint density at radius 1 is 0.333 bits per heavy atom. The van der Waals surface area contributed by atoms with Crippen molar-refractivity contribution in [1.29, 1.82) is 0 Å². The first kappa shape index (κ1) is 20.7. The van der Waals surface area contributed by atoms with E-state index in [9.17, 15) is 0 Å². The molecule has 1 heteroatoms. The molecule has 0 aliphatic rings. The molecule has 36 heavy (non-hydrogen) atoms. The van der Waals surface area contributed by atoms with Crippen molar-refractivity contribution in [1.82, 2.24) is 0 Å². The smallest absolute Gasteiger partial charge is 0.0540 e. The van der Waals surface area contributed by atoms with Crippen molar-refractivity contribution in [2.45, 2.75) is 6.92 Å². The van der Waals surface area contributed by atoms with Crippen LogP contribution in [0.25, 0.3) is 43.1 Å². The molecule has 0 bridgehead atoms. The van der Waals surface area contributed by atoms with Gasteiger partial charge in [-0.05, 0) is 63.0 Å². The maximum absolute atomic E-state index is 2.45. The van der Waals surface area contributed by atoms with Crippen LogP contribution >= 0.6 is 0 Å². The number of para-hydroxylation sites is 1. The summed E-state index contributed by atoms with van der Waals surface area (Å²) in [6.07, 6.45) is 0. The first-order valence-electron chi connectivity index (χ1n) is 12.5. The third kappa shape index (κ3) is 3.17. The molecule has 0 saturated heterocycles. The van der Waals surface area contributed by atoms with E-state index in [1.54, 1.807) is 0 Å². The lowest BCUT2D eigenvalue weighted by molar-refractivity contribution is 1.27. The topological polar surface area (TPSA) is 3.24 Å². The Bertz CT molecular complexity index is 1800. The fourth-order valence-corrected chi connectivity index (χ4v) is 5.64. The first-order valence-corrected chi connectivity index (χ1v) is 12.5. The number of hydrogen-bond acceptors (Lipinski definition) is 1. The minimum absolute atomic E-state index is 1.19. The molecule has 0 aliphatic heterocycles. The molecule has 0 unspecified atom stereocenters. The third-order valence-electron chi connectivity index (χ3n) is 7.37. The van der Waals surface area contributed by atoms with Crippen molar-refractivity contribution in [3.05, 3.63) is 139 Å². The van der Waals surface area contributed by atoms with E-state index in [4.69, 9.17) is 0 Å². The van der Waals surface area contributed by atoms with Crippen molar-refractivity contribution in [2.75, 3.05) is 4.90 Å². The molecule has 0 fully saturated rings. The highest BCUT2D eigenvalue weighted by Crippen LogP contribution is 2.44. The van der Waals surface area contributed by atoms with E-state index in [-0.39, 0.29) is 0 Å². The molecule has 1 nitrogen and oxygen atoms in total. The molecule has 0 N–H and O–H groups in total. The van der Waals surface area contributed by atoms with Crippen LogP contribution in [0.15, 0.2) is 133 Å². The molecule has 0 radical (unpaired) electrons. The van der Waals surface area contributed by atoms with Crippen molar-refractivity contribution < 1.29 is 0 Å². The Hall–Kier alpha value is -4.62. The summed E-state index contributed by atoms with van der Waals surface area (Å²) in [5.41, 5.74) is 4.81. The molecular weight excluding hydrogens is 434 g/mol. The van der Waals surface area contributed by atoms with Gasteiger partial charge in [0.25, 0.3) is 0 Å². The van der Waals surface area contributed by atoms with Gasteiger partial charge in [0.2, 0.25) is 0 Å². The lowest BCUT2D eigenvalue weighted by atomic mass is 9.97. The summed E-state index contributed by atoms with van der Waals surface area (Å²) in [5, 5.41) is 10.1. The highest BCUT2D eigenvalue weighted by Gasteiger charge is 2.19. The molecule has 0 saturated carbocycles. The highest BCUT2D eigenvalue weighted by molar-refractivity contribution is 6.16. The van der Waals surface area contributed by atoms with Crippen LogP contribution in [-0.4, -0.2) is 0 Å². The average Bonchev–Trinajstić information content (AvgIpc) is 2.94. The highest BCUT2D eigenvalue weighted by atomic mass is 15.1. The van der Waals surface area contributed by atoms with Gasteiger partial charge in [-0.2, -0.15) is 0 Å².